The summed E-state index contributed by atoms with van der Waals surface area (Å²) in [5, 5.41) is 19.1. The van der Waals surface area contributed by atoms with Crippen molar-refractivity contribution in [1.29, 1.82) is 5.26 Å². The first kappa shape index (κ1) is 14.9. The summed E-state index contributed by atoms with van der Waals surface area (Å²) < 4.78 is 0. The predicted octanol–water partition coefficient (Wildman–Crippen LogP) is 2.22. The lowest BCUT2D eigenvalue weighted by atomic mass is 10.1. The molecule has 2 aromatic rings. The zero-order valence-corrected chi connectivity index (χ0v) is 12.2. The van der Waals surface area contributed by atoms with Crippen molar-refractivity contribution in [3.05, 3.63) is 53.5 Å². The summed E-state index contributed by atoms with van der Waals surface area (Å²) in [5.74, 6) is 0.655. The van der Waals surface area contributed by atoms with Gasteiger partial charge in [-0.15, -0.1) is 0 Å². The largest absolute Gasteiger partial charge is 0.387 e. The van der Waals surface area contributed by atoms with E-state index in [1.165, 1.54) is 6.20 Å². The Kier molecular flexibility index (Phi) is 4.85. The van der Waals surface area contributed by atoms with Crippen molar-refractivity contribution in [3.8, 4) is 6.07 Å². The number of anilines is 1. The molecule has 5 nitrogen and oxygen atoms in total. The van der Waals surface area contributed by atoms with E-state index in [1.54, 1.807) is 6.20 Å². The van der Waals surface area contributed by atoms with E-state index in [2.05, 4.69) is 9.97 Å². The maximum absolute atomic E-state index is 10.3. The standard InChI is InChI=1S/C16H18N4O/c1-3-20(16-10-18-14(8-17)9-19-16)11-15(21)13-6-4-12(2)5-7-13/h4-7,9-10,15,21H,3,11H2,1-2H3. The molecule has 1 atom stereocenters. The summed E-state index contributed by atoms with van der Waals surface area (Å²) in [6.45, 7) is 5.13. The van der Waals surface area contributed by atoms with Crippen LogP contribution in [0.4, 0.5) is 5.82 Å². The van der Waals surface area contributed by atoms with E-state index < -0.39 is 6.10 Å². The van der Waals surface area contributed by atoms with Crippen molar-refractivity contribution in [3.63, 3.8) is 0 Å². The number of rotatable bonds is 5. The summed E-state index contributed by atoms with van der Waals surface area (Å²) >= 11 is 0. The Morgan fingerprint density at radius 3 is 2.48 bits per heavy atom. The Hall–Kier alpha value is -2.45. The van der Waals surface area contributed by atoms with Crippen LogP contribution in [-0.4, -0.2) is 28.2 Å². The van der Waals surface area contributed by atoms with Gasteiger partial charge in [0.05, 0.1) is 18.5 Å². The molecule has 0 radical (unpaired) electrons. The lowest BCUT2D eigenvalue weighted by Crippen LogP contribution is -2.29. The number of benzene rings is 1. The van der Waals surface area contributed by atoms with Gasteiger partial charge in [0.15, 0.2) is 5.69 Å². The lowest BCUT2D eigenvalue weighted by Gasteiger charge is -2.24. The highest BCUT2D eigenvalue weighted by atomic mass is 16.3. The van der Waals surface area contributed by atoms with Crippen LogP contribution in [0.3, 0.4) is 0 Å². The normalized spacial score (nSPS) is 11.7. The summed E-state index contributed by atoms with van der Waals surface area (Å²) in [7, 11) is 0. The van der Waals surface area contributed by atoms with Crippen molar-refractivity contribution < 1.29 is 5.11 Å². The van der Waals surface area contributed by atoms with Crippen molar-refractivity contribution in [2.45, 2.75) is 20.0 Å². The highest BCUT2D eigenvalue weighted by Crippen LogP contribution is 2.18. The van der Waals surface area contributed by atoms with Gasteiger partial charge in [-0.05, 0) is 19.4 Å². The monoisotopic (exact) mass is 282 g/mol. The quantitative estimate of drug-likeness (QED) is 0.910. The number of nitriles is 1. The van der Waals surface area contributed by atoms with Crippen LogP contribution in [0.5, 0.6) is 0 Å². The highest BCUT2D eigenvalue weighted by Gasteiger charge is 2.14. The van der Waals surface area contributed by atoms with Gasteiger partial charge >= 0.3 is 0 Å². The Balaban J connectivity index is 2.10. The molecule has 1 heterocycles. The third kappa shape index (κ3) is 3.77. The van der Waals surface area contributed by atoms with E-state index in [4.69, 9.17) is 5.26 Å². The first-order valence-electron chi connectivity index (χ1n) is 6.85. The molecule has 21 heavy (non-hydrogen) atoms. The summed E-state index contributed by atoms with van der Waals surface area (Å²) in [5.41, 5.74) is 2.32. The molecular weight excluding hydrogens is 264 g/mol. The fraction of sp³-hybridized carbons (Fsp3) is 0.312. The number of aryl methyl sites for hydroxylation is 1. The summed E-state index contributed by atoms with van der Waals surface area (Å²) in [6.07, 6.45) is 2.41. The van der Waals surface area contributed by atoms with E-state index >= 15 is 0 Å². The van der Waals surface area contributed by atoms with Gasteiger partial charge in [-0.3, -0.25) is 0 Å². The van der Waals surface area contributed by atoms with Crippen LogP contribution in [0.2, 0.25) is 0 Å². The van der Waals surface area contributed by atoms with Crippen LogP contribution in [0.25, 0.3) is 0 Å². The molecule has 5 heteroatoms. The zero-order valence-electron chi connectivity index (χ0n) is 12.2. The minimum atomic E-state index is -0.594. The second-order valence-electron chi connectivity index (χ2n) is 4.84. The van der Waals surface area contributed by atoms with Crippen LogP contribution in [0.1, 0.15) is 29.8 Å². The van der Waals surface area contributed by atoms with Gasteiger partial charge in [-0.2, -0.15) is 5.26 Å². The number of nitrogens with zero attached hydrogens (tertiary/aromatic N) is 4. The van der Waals surface area contributed by atoms with E-state index in [0.29, 0.717) is 18.9 Å². The molecule has 1 aromatic carbocycles. The fourth-order valence-corrected chi connectivity index (χ4v) is 2.03. The summed E-state index contributed by atoms with van der Waals surface area (Å²) in [6, 6.07) is 9.76. The first-order valence-corrected chi connectivity index (χ1v) is 6.85. The lowest BCUT2D eigenvalue weighted by molar-refractivity contribution is 0.183. The second kappa shape index (κ2) is 6.82. The second-order valence-corrected chi connectivity index (χ2v) is 4.84. The number of aliphatic hydroxyl groups is 1. The first-order chi connectivity index (χ1) is 10.1. The molecule has 0 amide bonds. The predicted molar refractivity (Wildman–Crippen MR) is 80.8 cm³/mol. The van der Waals surface area contributed by atoms with E-state index in [-0.39, 0.29) is 5.69 Å². The Bertz CT molecular complexity index is 616. The molecule has 0 aliphatic rings. The molecule has 2 rings (SSSR count). The van der Waals surface area contributed by atoms with E-state index in [0.717, 1.165) is 11.1 Å². The molecule has 1 unspecified atom stereocenters. The smallest absolute Gasteiger partial charge is 0.158 e. The fourth-order valence-electron chi connectivity index (χ4n) is 2.03. The SMILES string of the molecule is CCN(CC(O)c1ccc(C)cc1)c1cnc(C#N)cn1. The number of likely N-dealkylation sites (N-methyl/N-ethyl adjacent to an activating group) is 1. The number of aliphatic hydroxyl groups excluding tert-OH is 1. The molecule has 0 spiro atoms. The minimum absolute atomic E-state index is 0.286. The topological polar surface area (TPSA) is 73.0 Å². The van der Waals surface area contributed by atoms with Gasteiger partial charge in [0, 0.05) is 13.1 Å². The van der Waals surface area contributed by atoms with Gasteiger partial charge in [-0.25, -0.2) is 9.97 Å². The van der Waals surface area contributed by atoms with Crippen LogP contribution >= 0.6 is 0 Å². The molecule has 0 saturated heterocycles. The molecule has 0 aliphatic heterocycles. The Morgan fingerprint density at radius 2 is 1.95 bits per heavy atom. The molecule has 1 aromatic heterocycles. The number of hydrogen-bond acceptors (Lipinski definition) is 5. The van der Waals surface area contributed by atoms with Crippen molar-refractivity contribution >= 4 is 5.82 Å². The molecule has 0 fully saturated rings. The van der Waals surface area contributed by atoms with Gasteiger partial charge in [0.25, 0.3) is 0 Å². The van der Waals surface area contributed by atoms with Crippen LogP contribution < -0.4 is 4.90 Å². The van der Waals surface area contributed by atoms with E-state index in [1.807, 2.05) is 49.1 Å². The molecule has 0 saturated carbocycles. The van der Waals surface area contributed by atoms with Gasteiger partial charge in [0.1, 0.15) is 11.9 Å². The van der Waals surface area contributed by atoms with Crippen LogP contribution in [-0.2, 0) is 0 Å². The maximum Gasteiger partial charge on any atom is 0.158 e. The molecule has 0 aliphatic carbocycles. The molecule has 0 bridgehead atoms. The number of aromatic nitrogens is 2. The average Bonchev–Trinajstić information content (AvgIpc) is 2.53. The third-order valence-electron chi connectivity index (χ3n) is 3.31. The van der Waals surface area contributed by atoms with Crippen LogP contribution in [0, 0.1) is 18.3 Å². The highest BCUT2D eigenvalue weighted by molar-refractivity contribution is 5.38. The minimum Gasteiger partial charge on any atom is -0.387 e. The maximum atomic E-state index is 10.3. The van der Waals surface area contributed by atoms with Crippen LogP contribution in [0.15, 0.2) is 36.7 Å². The van der Waals surface area contributed by atoms with Gasteiger partial charge < -0.3 is 10.0 Å². The Labute approximate surface area is 124 Å². The number of hydrogen-bond donors (Lipinski definition) is 1. The van der Waals surface area contributed by atoms with Gasteiger partial charge in [0.2, 0.25) is 0 Å². The van der Waals surface area contributed by atoms with Crippen molar-refractivity contribution in [1.82, 2.24) is 9.97 Å². The summed E-state index contributed by atoms with van der Waals surface area (Å²) in [4.78, 5) is 10.2. The van der Waals surface area contributed by atoms with E-state index in [9.17, 15) is 5.11 Å². The zero-order chi connectivity index (χ0) is 15.2. The van der Waals surface area contributed by atoms with Gasteiger partial charge in [-0.1, -0.05) is 29.8 Å². The van der Waals surface area contributed by atoms with Crippen molar-refractivity contribution in [2.24, 2.45) is 0 Å². The molecule has 108 valence electrons. The molecule has 1 N–H and O–H groups in total. The molecular formula is C16H18N4O. The third-order valence-corrected chi connectivity index (χ3v) is 3.31. The van der Waals surface area contributed by atoms with Crippen molar-refractivity contribution in [2.75, 3.05) is 18.0 Å². The Morgan fingerprint density at radius 1 is 1.24 bits per heavy atom. The average molecular weight is 282 g/mol.